The number of likely N-dealkylation sites (tertiary alicyclic amines) is 1. The van der Waals surface area contributed by atoms with Gasteiger partial charge in [0.2, 0.25) is 18.3 Å². The second kappa shape index (κ2) is 8.13. The SMILES string of the molecule is CC(=O)N1C[C@@H](F)[C@@H](Nc2ncc3c(-c4ccc5c(n4)C(CC(F)F)C(C)=N5)ccn3n2)C1.[HH]. The first-order chi connectivity index (χ1) is 15.8. The van der Waals surface area contributed by atoms with Crippen LogP contribution < -0.4 is 5.32 Å². The number of aromatic nitrogens is 4. The van der Waals surface area contributed by atoms with Crippen LogP contribution in [0.2, 0.25) is 0 Å². The molecule has 0 radical (unpaired) electrons. The number of alkyl halides is 3. The van der Waals surface area contributed by atoms with Gasteiger partial charge in [0.1, 0.15) is 6.17 Å². The van der Waals surface area contributed by atoms with Crippen LogP contribution in [0.5, 0.6) is 0 Å². The van der Waals surface area contributed by atoms with Crippen LogP contribution in [-0.2, 0) is 4.79 Å². The highest BCUT2D eigenvalue weighted by atomic mass is 19.3. The molecule has 0 aromatic carbocycles. The minimum atomic E-state index is -2.45. The van der Waals surface area contributed by atoms with Gasteiger partial charge in [-0.15, -0.1) is 5.10 Å². The number of aliphatic imine (C=N–C) groups is 1. The first kappa shape index (κ1) is 21.4. The van der Waals surface area contributed by atoms with E-state index in [1.807, 2.05) is 6.07 Å². The van der Waals surface area contributed by atoms with Crippen molar-refractivity contribution in [2.24, 2.45) is 4.99 Å². The normalized spacial score (nSPS) is 22.2. The van der Waals surface area contributed by atoms with Crippen LogP contribution in [0.25, 0.3) is 16.8 Å². The first-order valence-corrected chi connectivity index (χ1v) is 10.7. The lowest BCUT2D eigenvalue weighted by atomic mass is 9.97. The van der Waals surface area contributed by atoms with Crippen molar-refractivity contribution in [2.45, 2.75) is 44.8 Å². The van der Waals surface area contributed by atoms with Crippen molar-refractivity contribution in [1.82, 2.24) is 24.5 Å². The number of pyridine rings is 1. The second-order valence-electron chi connectivity index (χ2n) is 8.37. The molecule has 2 aliphatic heterocycles. The summed E-state index contributed by atoms with van der Waals surface area (Å²) in [6.07, 6.45) is -0.643. The molecular formula is C22H24F3N7O. The van der Waals surface area contributed by atoms with E-state index in [4.69, 9.17) is 0 Å². The van der Waals surface area contributed by atoms with E-state index in [9.17, 15) is 18.0 Å². The first-order valence-electron chi connectivity index (χ1n) is 10.7. The second-order valence-corrected chi connectivity index (χ2v) is 8.37. The van der Waals surface area contributed by atoms with Crippen molar-refractivity contribution < 1.29 is 19.4 Å². The molecule has 8 nitrogen and oxygen atoms in total. The van der Waals surface area contributed by atoms with Crippen LogP contribution in [-0.4, -0.2) is 67.8 Å². The fraction of sp³-hybridized carbons (Fsp3) is 0.409. The molecule has 174 valence electrons. The van der Waals surface area contributed by atoms with E-state index in [-0.39, 0.29) is 32.8 Å². The third-order valence-corrected chi connectivity index (χ3v) is 6.15. The number of hydrogen-bond donors (Lipinski definition) is 1. The zero-order valence-electron chi connectivity index (χ0n) is 18.0. The Balaban J connectivity index is 0.00000274. The molecule has 0 spiro atoms. The molecule has 1 unspecified atom stereocenters. The number of carbonyl (C=O) groups excluding carboxylic acids is 1. The summed E-state index contributed by atoms with van der Waals surface area (Å²) in [6.45, 7) is 3.44. The number of nitrogens with zero attached hydrogens (tertiary/aromatic N) is 6. The Labute approximate surface area is 189 Å². The molecule has 0 saturated carbocycles. The van der Waals surface area contributed by atoms with Crippen molar-refractivity contribution >= 4 is 28.8 Å². The Kier molecular flexibility index (Phi) is 5.26. The fourth-order valence-corrected chi connectivity index (χ4v) is 4.40. The molecule has 2 aliphatic rings. The molecule has 11 heteroatoms. The van der Waals surface area contributed by atoms with Gasteiger partial charge < -0.3 is 10.2 Å². The Bertz CT molecular complexity index is 1260. The quantitative estimate of drug-likeness (QED) is 0.626. The van der Waals surface area contributed by atoms with Gasteiger partial charge in [-0.1, -0.05) is 0 Å². The number of amides is 1. The Morgan fingerprint density at radius 1 is 1.30 bits per heavy atom. The number of anilines is 1. The molecule has 1 N–H and O–H groups in total. The van der Waals surface area contributed by atoms with Gasteiger partial charge in [0.05, 0.1) is 41.4 Å². The molecule has 3 aromatic rings. The van der Waals surface area contributed by atoms with E-state index in [2.05, 4.69) is 25.4 Å². The predicted molar refractivity (Wildman–Crippen MR) is 119 cm³/mol. The van der Waals surface area contributed by atoms with Gasteiger partial charge in [-0.2, -0.15) is 0 Å². The summed E-state index contributed by atoms with van der Waals surface area (Å²) in [4.78, 5) is 26.3. The highest BCUT2D eigenvalue weighted by molar-refractivity contribution is 5.96. The summed E-state index contributed by atoms with van der Waals surface area (Å²) in [6, 6.07) is 4.81. The average Bonchev–Trinajstić information content (AvgIpc) is 3.43. The summed E-state index contributed by atoms with van der Waals surface area (Å²) in [5.74, 6) is -0.437. The molecule has 1 saturated heterocycles. The number of halogens is 3. The Morgan fingerprint density at radius 3 is 2.85 bits per heavy atom. The monoisotopic (exact) mass is 459 g/mol. The summed E-state index contributed by atoms with van der Waals surface area (Å²) in [5.41, 5.74) is 3.83. The van der Waals surface area contributed by atoms with Gasteiger partial charge in [-0.3, -0.25) is 9.79 Å². The van der Waals surface area contributed by atoms with Crippen LogP contribution in [0.4, 0.5) is 24.8 Å². The summed E-state index contributed by atoms with van der Waals surface area (Å²) in [5, 5.41) is 7.37. The number of hydrogen-bond acceptors (Lipinski definition) is 6. The lowest BCUT2D eigenvalue weighted by molar-refractivity contribution is -0.128. The number of rotatable bonds is 5. The summed E-state index contributed by atoms with van der Waals surface area (Å²) >= 11 is 0. The van der Waals surface area contributed by atoms with E-state index in [0.717, 1.165) is 5.56 Å². The van der Waals surface area contributed by atoms with Crippen LogP contribution in [0, 0.1) is 0 Å². The lowest BCUT2D eigenvalue weighted by Crippen LogP contribution is -2.31. The van der Waals surface area contributed by atoms with Crippen molar-refractivity contribution in [3.8, 4) is 11.3 Å². The predicted octanol–water partition coefficient (Wildman–Crippen LogP) is 3.86. The minimum absolute atomic E-state index is 0. The van der Waals surface area contributed by atoms with Crippen LogP contribution >= 0.6 is 0 Å². The van der Waals surface area contributed by atoms with Gasteiger partial charge in [0.25, 0.3) is 0 Å². The van der Waals surface area contributed by atoms with Crippen molar-refractivity contribution in [3.63, 3.8) is 0 Å². The lowest BCUT2D eigenvalue weighted by Gasteiger charge is -2.15. The molecule has 0 aliphatic carbocycles. The number of nitrogens with one attached hydrogen (secondary N) is 1. The Hall–Kier alpha value is -3.50. The van der Waals surface area contributed by atoms with E-state index < -0.39 is 24.6 Å². The molecule has 3 aromatic heterocycles. The maximum atomic E-state index is 14.3. The molecule has 3 atom stereocenters. The smallest absolute Gasteiger partial charge is 0.241 e. The minimum Gasteiger partial charge on any atom is -0.345 e. The highest BCUT2D eigenvalue weighted by Crippen LogP contribution is 2.39. The van der Waals surface area contributed by atoms with Crippen molar-refractivity contribution in [2.75, 3.05) is 18.4 Å². The van der Waals surface area contributed by atoms with E-state index in [0.29, 0.717) is 28.3 Å². The maximum Gasteiger partial charge on any atom is 0.241 e. The van der Waals surface area contributed by atoms with Crippen LogP contribution in [0.1, 0.15) is 33.3 Å². The van der Waals surface area contributed by atoms with Gasteiger partial charge in [0, 0.05) is 44.7 Å². The molecular weight excluding hydrogens is 435 g/mol. The Morgan fingerprint density at radius 2 is 2.12 bits per heavy atom. The van der Waals surface area contributed by atoms with E-state index in [1.54, 1.807) is 36.0 Å². The van der Waals surface area contributed by atoms with Crippen LogP contribution in [0.15, 0.2) is 35.6 Å². The molecule has 1 fully saturated rings. The van der Waals surface area contributed by atoms with E-state index in [1.165, 1.54) is 11.8 Å². The third kappa shape index (κ3) is 3.91. The number of carbonyl (C=O) groups is 1. The maximum absolute atomic E-state index is 14.3. The molecule has 33 heavy (non-hydrogen) atoms. The fourth-order valence-electron chi connectivity index (χ4n) is 4.40. The van der Waals surface area contributed by atoms with Crippen LogP contribution in [0.3, 0.4) is 0 Å². The summed E-state index contributed by atoms with van der Waals surface area (Å²) in [7, 11) is 0. The highest BCUT2D eigenvalue weighted by Gasteiger charge is 2.34. The zero-order valence-corrected chi connectivity index (χ0v) is 18.0. The number of fused-ring (bicyclic) bond motifs is 2. The molecule has 5 heterocycles. The average molecular weight is 459 g/mol. The molecule has 1 amide bonds. The van der Waals surface area contributed by atoms with Gasteiger partial charge in [-0.05, 0) is 25.1 Å². The standard InChI is InChI=1S/C22H22F3N7O.H2/c1-11-14(7-20(24)25)21-17(27-11)4-3-16(28-21)13-5-6-32-19(13)8-26-22(30-32)29-18-10-31(12(2)33)9-15(18)23;/h3-6,8,14-15,18,20H,7,9-10H2,1-2H3,(H,29,30);1H/t14?,15-,18+;/m1./s1. The molecule has 5 rings (SSSR count). The molecule has 0 bridgehead atoms. The van der Waals surface area contributed by atoms with Crippen molar-refractivity contribution in [3.05, 3.63) is 36.3 Å². The van der Waals surface area contributed by atoms with E-state index >= 15 is 0 Å². The van der Waals surface area contributed by atoms with Gasteiger partial charge in [0.15, 0.2) is 0 Å². The van der Waals surface area contributed by atoms with Crippen molar-refractivity contribution in [1.29, 1.82) is 0 Å². The topological polar surface area (TPSA) is 87.8 Å². The third-order valence-electron chi connectivity index (χ3n) is 6.15. The summed E-state index contributed by atoms with van der Waals surface area (Å²) < 4.78 is 42.0. The van der Waals surface area contributed by atoms with Gasteiger partial charge in [-0.25, -0.2) is 27.7 Å². The largest absolute Gasteiger partial charge is 0.345 e. The zero-order chi connectivity index (χ0) is 23.3. The van der Waals surface area contributed by atoms with Gasteiger partial charge >= 0.3 is 0 Å².